The first kappa shape index (κ1) is 18.3. The standard InChI is InChI=1S/C23H23N3O2S/c1-15(27)26-13-10-17-14-18(6-7-20(17)26)23(28)25-11-8-16(9-12-25)22-24-19-4-2-3-5-21(19)29-22/h2-7,14,16H,8-13H2,1H3. The van der Waals surface area contributed by atoms with E-state index in [-0.39, 0.29) is 11.8 Å². The first-order chi connectivity index (χ1) is 14.1. The molecule has 29 heavy (non-hydrogen) atoms. The summed E-state index contributed by atoms with van der Waals surface area (Å²) < 4.78 is 1.23. The molecule has 3 aromatic rings. The van der Waals surface area contributed by atoms with Crippen molar-refractivity contribution in [2.24, 2.45) is 0 Å². The lowest BCUT2D eigenvalue weighted by Gasteiger charge is -2.31. The van der Waals surface area contributed by atoms with Gasteiger partial charge in [-0.15, -0.1) is 11.3 Å². The summed E-state index contributed by atoms with van der Waals surface area (Å²) in [5, 5.41) is 1.19. The third-order valence-electron chi connectivity index (χ3n) is 6.04. The van der Waals surface area contributed by atoms with Crippen molar-refractivity contribution < 1.29 is 9.59 Å². The maximum absolute atomic E-state index is 13.0. The molecular formula is C23H23N3O2S. The maximum Gasteiger partial charge on any atom is 0.253 e. The molecule has 2 aliphatic rings. The molecule has 0 radical (unpaired) electrons. The molecule has 0 bridgehead atoms. The molecule has 148 valence electrons. The zero-order chi connectivity index (χ0) is 20.0. The summed E-state index contributed by atoms with van der Waals surface area (Å²) in [6.45, 7) is 3.81. The largest absolute Gasteiger partial charge is 0.339 e. The Morgan fingerprint density at radius 2 is 1.86 bits per heavy atom. The van der Waals surface area contributed by atoms with Crippen LogP contribution in [-0.2, 0) is 11.2 Å². The number of carbonyl (C=O) groups excluding carboxylic acids is 2. The van der Waals surface area contributed by atoms with E-state index in [9.17, 15) is 9.59 Å². The number of likely N-dealkylation sites (tertiary alicyclic amines) is 1. The number of hydrogen-bond acceptors (Lipinski definition) is 4. The summed E-state index contributed by atoms with van der Waals surface area (Å²) in [5.74, 6) is 0.581. The SMILES string of the molecule is CC(=O)N1CCc2cc(C(=O)N3CCC(c4nc5ccccc5s4)CC3)ccc21. The molecule has 0 atom stereocenters. The monoisotopic (exact) mass is 405 g/mol. The number of benzene rings is 2. The van der Waals surface area contributed by atoms with Crippen LogP contribution in [0.5, 0.6) is 0 Å². The number of anilines is 1. The molecule has 1 saturated heterocycles. The van der Waals surface area contributed by atoms with Crippen LogP contribution in [0.4, 0.5) is 5.69 Å². The van der Waals surface area contributed by atoms with E-state index in [1.807, 2.05) is 29.2 Å². The average Bonchev–Trinajstić information content (AvgIpc) is 3.37. The lowest BCUT2D eigenvalue weighted by atomic mass is 9.96. The minimum Gasteiger partial charge on any atom is -0.339 e. The number of amides is 2. The summed E-state index contributed by atoms with van der Waals surface area (Å²) in [4.78, 5) is 33.3. The van der Waals surface area contributed by atoms with Gasteiger partial charge in [-0.25, -0.2) is 4.98 Å². The molecule has 6 heteroatoms. The first-order valence-corrected chi connectivity index (χ1v) is 11.0. The van der Waals surface area contributed by atoms with E-state index in [1.54, 1.807) is 23.2 Å². The second kappa shape index (κ2) is 7.26. The van der Waals surface area contributed by atoms with Crippen LogP contribution >= 0.6 is 11.3 Å². The van der Waals surface area contributed by atoms with Gasteiger partial charge in [-0.1, -0.05) is 12.1 Å². The minimum atomic E-state index is 0.0553. The molecule has 2 aliphatic heterocycles. The number of rotatable bonds is 2. The Morgan fingerprint density at radius 3 is 2.62 bits per heavy atom. The number of thiazole rings is 1. The number of aromatic nitrogens is 1. The van der Waals surface area contributed by atoms with Crippen molar-refractivity contribution in [3.05, 3.63) is 58.6 Å². The number of para-hydroxylation sites is 1. The quantitative estimate of drug-likeness (QED) is 0.641. The van der Waals surface area contributed by atoms with E-state index in [1.165, 1.54) is 9.71 Å². The van der Waals surface area contributed by atoms with Gasteiger partial charge in [-0.05, 0) is 55.2 Å². The van der Waals surface area contributed by atoms with Gasteiger partial charge in [-0.2, -0.15) is 0 Å². The van der Waals surface area contributed by atoms with Crippen LogP contribution in [0.3, 0.4) is 0 Å². The fraction of sp³-hybridized carbons (Fsp3) is 0.348. The summed E-state index contributed by atoms with van der Waals surface area (Å²) in [6, 6.07) is 14.0. The summed E-state index contributed by atoms with van der Waals surface area (Å²) in [6.07, 6.45) is 2.72. The van der Waals surface area contributed by atoms with Crippen LogP contribution in [0.25, 0.3) is 10.2 Å². The van der Waals surface area contributed by atoms with Gasteiger partial charge in [0.25, 0.3) is 5.91 Å². The van der Waals surface area contributed by atoms with Crippen LogP contribution in [0, 0.1) is 0 Å². The maximum atomic E-state index is 13.0. The Kier molecular flexibility index (Phi) is 4.59. The van der Waals surface area contributed by atoms with Gasteiger partial charge in [0.05, 0.1) is 15.2 Å². The van der Waals surface area contributed by atoms with Crippen LogP contribution in [-0.4, -0.2) is 41.3 Å². The fourth-order valence-electron chi connectivity index (χ4n) is 4.44. The topological polar surface area (TPSA) is 53.5 Å². The van der Waals surface area contributed by atoms with Gasteiger partial charge >= 0.3 is 0 Å². The number of fused-ring (bicyclic) bond motifs is 2. The highest BCUT2D eigenvalue weighted by atomic mass is 32.1. The van der Waals surface area contributed by atoms with Crippen molar-refractivity contribution in [3.8, 4) is 0 Å². The second-order valence-electron chi connectivity index (χ2n) is 7.85. The van der Waals surface area contributed by atoms with Gasteiger partial charge in [0, 0.05) is 43.7 Å². The Balaban J connectivity index is 1.27. The van der Waals surface area contributed by atoms with Crippen LogP contribution < -0.4 is 4.90 Å². The highest BCUT2D eigenvalue weighted by Gasteiger charge is 2.28. The first-order valence-electron chi connectivity index (χ1n) is 10.2. The molecule has 5 nitrogen and oxygen atoms in total. The predicted octanol–water partition coefficient (Wildman–Crippen LogP) is 4.23. The highest BCUT2D eigenvalue weighted by molar-refractivity contribution is 7.18. The number of nitrogens with zero attached hydrogens (tertiary/aromatic N) is 3. The van der Waals surface area contributed by atoms with Gasteiger partial charge in [0.15, 0.2) is 0 Å². The average molecular weight is 406 g/mol. The summed E-state index contributed by atoms with van der Waals surface area (Å²) in [5.41, 5.74) is 3.84. The summed E-state index contributed by atoms with van der Waals surface area (Å²) >= 11 is 1.78. The van der Waals surface area contributed by atoms with Crippen molar-refractivity contribution >= 4 is 39.1 Å². The normalized spacial score (nSPS) is 17.0. The molecule has 2 aromatic carbocycles. The molecule has 1 fully saturated rings. The van der Waals surface area contributed by atoms with Gasteiger partial charge in [0.2, 0.25) is 5.91 Å². The third-order valence-corrected chi connectivity index (χ3v) is 7.24. The molecule has 0 aliphatic carbocycles. The molecule has 0 spiro atoms. The van der Waals surface area contributed by atoms with Crippen LogP contribution in [0.1, 0.15) is 46.6 Å². The van der Waals surface area contributed by atoms with Gasteiger partial charge in [-0.3, -0.25) is 9.59 Å². The van der Waals surface area contributed by atoms with Crippen molar-refractivity contribution in [1.82, 2.24) is 9.88 Å². The molecule has 2 amide bonds. The minimum absolute atomic E-state index is 0.0553. The van der Waals surface area contributed by atoms with Crippen LogP contribution in [0.2, 0.25) is 0 Å². The molecule has 0 unspecified atom stereocenters. The fourth-order valence-corrected chi connectivity index (χ4v) is 5.58. The molecule has 0 N–H and O–H groups in total. The van der Waals surface area contributed by atoms with E-state index in [4.69, 9.17) is 4.98 Å². The van der Waals surface area contributed by atoms with Crippen molar-refractivity contribution in [2.45, 2.75) is 32.1 Å². The smallest absolute Gasteiger partial charge is 0.253 e. The van der Waals surface area contributed by atoms with E-state index < -0.39 is 0 Å². The lowest BCUT2D eigenvalue weighted by molar-refractivity contribution is -0.116. The van der Waals surface area contributed by atoms with Crippen molar-refractivity contribution in [2.75, 3.05) is 24.5 Å². The summed E-state index contributed by atoms with van der Waals surface area (Å²) in [7, 11) is 0. The van der Waals surface area contributed by atoms with Gasteiger partial charge in [0.1, 0.15) is 0 Å². The molecular weight excluding hydrogens is 382 g/mol. The van der Waals surface area contributed by atoms with E-state index >= 15 is 0 Å². The van der Waals surface area contributed by atoms with E-state index in [2.05, 4.69) is 18.2 Å². The molecule has 0 saturated carbocycles. The number of carbonyl (C=O) groups is 2. The molecule has 3 heterocycles. The zero-order valence-corrected chi connectivity index (χ0v) is 17.2. The Morgan fingerprint density at radius 1 is 1.07 bits per heavy atom. The molecule has 1 aromatic heterocycles. The second-order valence-corrected chi connectivity index (χ2v) is 8.91. The van der Waals surface area contributed by atoms with Crippen LogP contribution in [0.15, 0.2) is 42.5 Å². The van der Waals surface area contributed by atoms with E-state index in [0.29, 0.717) is 12.5 Å². The van der Waals surface area contributed by atoms with E-state index in [0.717, 1.165) is 54.7 Å². The number of hydrogen-bond donors (Lipinski definition) is 0. The zero-order valence-electron chi connectivity index (χ0n) is 16.4. The highest BCUT2D eigenvalue weighted by Crippen LogP contribution is 2.34. The van der Waals surface area contributed by atoms with Crippen molar-refractivity contribution in [1.29, 1.82) is 0 Å². The lowest BCUT2D eigenvalue weighted by Crippen LogP contribution is -2.38. The van der Waals surface area contributed by atoms with Crippen molar-refractivity contribution in [3.63, 3.8) is 0 Å². The molecule has 5 rings (SSSR count). The number of piperidine rings is 1. The third kappa shape index (κ3) is 3.31. The predicted molar refractivity (Wildman–Crippen MR) is 116 cm³/mol. The van der Waals surface area contributed by atoms with Gasteiger partial charge < -0.3 is 9.80 Å². The Hall–Kier alpha value is -2.73. The Labute approximate surface area is 174 Å². The Bertz CT molecular complexity index is 1070.